The van der Waals surface area contributed by atoms with Crippen LogP contribution in [0, 0.1) is 0 Å². The fourth-order valence-electron chi connectivity index (χ4n) is 2.07. The van der Waals surface area contributed by atoms with Crippen LogP contribution in [0.2, 0.25) is 0 Å². The van der Waals surface area contributed by atoms with Crippen LogP contribution < -0.4 is 10.1 Å². The van der Waals surface area contributed by atoms with Crippen LogP contribution in [0.3, 0.4) is 0 Å². The van der Waals surface area contributed by atoms with Gasteiger partial charge in [0.25, 0.3) is 0 Å². The molecule has 0 aromatic heterocycles. The van der Waals surface area contributed by atoms with E-state index in [4.69, 9.17) is 9.84 Å². The van der Waals surface area contributed by atoms with E-state index < -0.39 is 5.97 Å². The summed E-state index contributed by atoms with van der Waals surface area (Å²) in [5.74, 6) is -0.0585. The highest BCUT2D eigenvalue weighted by atomic mass is 16.5. The van der Waals surface area contributed by atoms with Gasteiger partial charge in [0.05, 0.1) is 12.5 Å². The first-order valence-electron chi connectivity index (χ1n) is 6.50. The molecule has 0 saturated heterocycles. The summed E-state index contributed by atoms with van der Waals surface area (Å²) in [5, 5.41) is 11.4. The molecule has 1 atom stereocenters. The Balaban J connectivity index is 1.85. The lowest BCUT2D eigenvalue weighted by atomic mass is 10.0. The Labute approximate surface area is 117 Å². The first-order chi connectivity index (χ1) is 9.56. The van der Waals surface area contributed by atoms with Gasteiger partial charge in [-0.05, 0) is 18.1 Å². The number of rotatable bonds is 4. The second kappa shape index (κ2) is 6.27. The molecule has 2 amide bonds. The second-order valence-electron chi connectivity index (χ2n) is 4.83. The molecule has 2 rings (SSSR count). The smallest absolute Gasteiger partial charge is 0.317 e. The number of benzene rings is 1. The fourth-order valence-corrected chi connectivity index (χ4v) is 2.07. The molecular weight excluding hydrogens is 260 g/mol. The molecule has 0 radical (unpaired) electrons. The maximum absolute atomic E-state index is 11.9. The number of ether oxygens (including phenoxy) is 1. The van der Waals surface area contributed by atoms with Gasteiger partial charge in [0.1, 0.15) is 12.4 Å². The number of hydrogen-bond donors (Lipinski definition) is 2. The summed E-state index contributed by atoms with van der Waals surface area (Å²) in [6.45, 7) is 0.612. The summed E-state index contributed by atoms with van der Waals surface area (Å²) in [5.41, 5.74) is 1.07. The van der Waals surface area contributed by atoms with E-state index in [0.717, 1.165) is 11.3 Å². The number of carbonyl (C=O) groups is 2. The number of carbonyl (C=O) groups excluding carboxylic acids is 1. The van der Waals surface area contributed by atoms with Crippen LogP contribution in [-0.2, 0) is 11.2 Å². The monoisotopic (exact) mass is 278 g/mol. The maximum Gasteiger partial charge on any atom is 0.317 e. The van der Waals surface area contributed by atoms with Crippen LogP contribution in [0.5, 0.6) is 5.75 Å². The molecule has 0 fully saturated rings. The number of nitrogens with one attached hydrogen (secondary N) is 1. The zero-order valence-corrected chi connectivity index (χ0v) is 11.3. The molecule has 6 nitrogen and oxygen atoms in total. The Bertz CT molecular complexity index is 504. The number of carboxylic acid groups (broad SMARTS) is 1. The van der Waals surface area contributed by atoms with E-state index in [1.807, 2.05) is 24.3 Å². The van der Waals surface area contributed by atoms with Crippen LogP contribution in [0.15, 0.2) is 24.3 Å². The molecule has 0 bridgehead atoms. The van der Waals surface area contributed by atoms with E-state index in [1.54, 1.807) is 7.05 Å². The summed E-state index contributed by atoms with van der Waals surface area (Å²) in [7, 11) is 1.58. The largest absolute Gasteiger partial charge is 0.491 e. The minimum Gasteiger partial charge on any atom is -0.491 e. The van der Waals surface area contributed by atoms with Crippen molar-refractivity contribution < 1.29 is 19.4 Å². The molecule has 0 spiro atoms. The molecule has 0 saturated carbocycles. The van der Waals surface area contributed by atoms with Crippen molar-refractivity contribution in [2.75, 3.05) is 20.2 Å². The Morgan fingerprint density at radius 2 is 2.20 bits per heavy atom. The number of hydrogen-bond acceptors (Lipinski definition) is 3. The SMILES string of the molecule is CN(CCC(=O)O)C(=O)NC1COc2ccccc2C1. The average Bonchev–Trinajstić information content (AvgIpc) is 2.44. The molecule has 1 heterocycles. The van der Waals surface area contributed by atoms with Crippen molar-refractivity contribution >= 4 is 12.0 Å². The van der Waals surface area contributed by atoms with E-state index in [2.05, 4.69) is 5.32 Å². The van der Waals surface area contributed by atoms with E-state index >= 15 is 0 Å². The maximum atomic E-state index is 11.9. The van der Waals surface area contributed by atoms with E-state index in [1.165, 1.54) is 4.90 Å². The number of amides is 2. The number of para-hydroxylation sites is 1. The van der Waals surface area contributed by atoms with Crippen molar-refractivity contribution in [1.29, 1.82) is 0 Å². The molecule has 2 N–H and O–H groups in total. The van der Waals surface area contributed by atoms with Gasteiger partial charge >= 0.3 is 12.0 Å². The van der Waals surface area contributed by atoms with Crippen LogP contribution in [0.1, 0.15) is 12.0 Å². The molecule has 1 aliphatic rings. The predicted molar refractivity (Wildman–Crippen MR) is 72.8 cm³/mol. The first kappa shape index (κ1) is 14.2. The van der Waals surface area contributed by atoms with Crippen LogP contribution in [-0.4, -0.2) is 48.2 Å². The van der Waals surface area contributed by atoms with Crippen molar-refractivity contribution in [3.05, 3.63) is 29.8 Å². The summed E-state index contributed by atoms with van der Waals surface area (Å²) in [6.07, 6.45) is 0.655. The highest BCUT2D eigenvalue weighted by Crippen LogP contribution is 2.23. The van der Waals surface area contributed by atoms with Gasteiger partial charge in [-0.15, -0.1) is 0 Å². The minimum atomic E-state index is -0.917. The van der Waals surface area contributed by atoms with Crippen molar-refractivity contribution in [1.82, 2.24) is 10.2 Å². The zero-order valence-electron chi connectivity index (χ0n) is 11.3. The third-order valence-corrected chi connectivity index (χ3v) is 3.21. The zero-order chi connectivity index (χ0) is 14.5. The lowest BCUT2D eigenvalue weighted by molar-refractivity contribution is -0.137. The van der Waals surface area contributed by atoms with Gasteiger partial charge in [0.2, 0.25) is 0 Å². The third kappa shape index (κ3) is 3.63. The molecule has 108 valence electrons. The highest BCUT2D eigenvalue weighted by Gasteiger charge is 2.22. The van der Waals surface area contributed by atoms with E-state index in [-0.39, 0.29) is 25.0 Å². The fraction of sp³-hybridized carbons (Fsp3) is 0.429. The number of carboxylic acids is 1. The van der Waals surface area contributed by atoms with Crippen molar-refractivity contribution in [2.24, 2.45) is 0 Å². The van der Waals surface area contributed by atoms with Gasteiger partial charge in [-0.3, -0.25) is 4.79 Å². The van der Waals surface area contributed by atoms with Crippen LogP contribution in [0.25, 0.3) is 0 Å². The van der Waals surface area contributed by atoms with Gasteiger partial charge in [-0.1, -0.05) is 18.2 Å². The molecule has 1 aromatic carbocycles. The van der Waals surface area contributed by atoms with E-state index in [0.29, 0.717) is 13.0 Å². The topological polar surface area (TPSA) is 78.9 Å². The Hall–Kier alpha value is -2.24. The third-order valence-electron chi connectivity index (χ3n) is 3.21. The lowest BCUT2D eigenvalue weighted by Gasteiger charge is -2.28. The number of urea groups is 1. The van der Waals surface area contributed by atoms with Gasteiger partial charge in [-0.2, -0.15) is 0 Å². The van der Waals surface area contributed by atoms with Gasteiger partial charge in [0.15, 0.2) is 0 Å². The van der Waals surface area contributed by atoms with E-state index in [9.17, 15) is 9.59 Å². The van der Waals surface area contributed by atoms with Crippen molar-refractivity contribution in [3.63, 3.8) is 0 Å². The summed E-state index contributed by atoms with van der Waals surface area (Å²) in [6, 6.07) is 7.36. The van der Waals surface area contributed by atoms with Crippen molar-refractivity contribution in [3.8, 4) is 5.75 Å². The first-order valence-corrected chi connectivity index (χ1v) is 6.50. The van der Waals surface area contributed by atoms with Gasteiger partial charge < -0.3 is 20.1 Å². The summed E-state index contributed by atoms with van der Waals surface area (Å²) >= 11 is 0. The summed E-state index contributed by atoms with van der Waals surface area (Å²) in [4.78, 5) is 23.7. The molecular formula is C14H18N2O4. The second-order valence-corrected chi connectivity index (χ2v) is 4.83. The highest BCUT2D eigenvalue weighted by molar-refractivity contribution is 5.75. The normalized spacial score (nSPS) is 16.8. The Morgan fingerprint density at radius 3 is 2.95 bits per heavy atom. The lowest BCUT2D eigenvalue weighted by Crippen LogP contribution is -2.48. The van der Waals surface area contributed by atoms with Gasteiger partial charge in [0, 0.05) is 13.6 Å². The predicted octanol–water partition coefficient (Wildman–Crippen LogP) is 1.11. The number of aliphatic carboxylic acids is 1. The number of fused-ring (bicyclic) bond motifs is 1. The molecule has 1 aromatic rings. The molecule has 1 unspecified atom stereocenters. The molecule has 20 heavy (non-hydrogen) atoms. The average molecular weight is 278 g/mol. The molecule has 6 heteroatoms. The van der Waals surface area contributed by atoms with Crippen molar-refractivity contribution in [2.45, 2.75) is 18.9 Å². The molecule has 1 aliphatic heterocycles. The quantitative estimate of drug-likeness (QED) is 0.864. The Kier molecular flexibility index (Phi) is 4.45. The van der Waals surface area contributed by atoms with Crippen LogP contribution in [0.4, 0.5) is 4.79 Å². The number of nitrogens with zero attached hydrogens (tertiary/aromatic N) is 1. The standard InChI is InChI=1S/C14H18N2O4/c1-16(7-6-13(17)18)14(19)15-11-8-10-4-2-3-5-12(10)20-9-11/h2-5,11H,6-9H2,1H3,(H,15,19)(H,17,18). The Morgan fingerprint density at radius 1 is 1.45 bits per heavy atom. The summed E-state index contributed by atoms with van der Waals surface area (Å²) < 4.78 is 5.59. The van der Waals surface area contributed by atoms with Crippen LogP contribution >= 0.6 is 0 Å². The minimum absolute atomic E-state index is 0.0616. The molecule has 0 aliphatic carbocycles. The van der Waals surface area contributed by atoms with Gasteiger partial charge in [-0.25, -0.2) is 4.79 Å².